The van der Waals surface area contributed by atoms with Crippen LogP contribution in [0.25, 0.3) is 11.3 Å². The molecule has 1 aromatic heterocycles. The summed E-state index contributed by atoms with van der Waals surface area (Å²) < 4.78 is 6.59. The first-order valence-electron chi connectivity index (χ1n) is 6.37. The summed E-state index contributed by atoms with van der Waals surface area (Å²) in [6.45, 7) is 5.34. The van der Waals surface area contributed by atoms with Crippen LogP contribution in [0.4, 0.5) is 4.79 Å². The van der Waals surface area contributed by atoms with Crippen LogP contribution in [0.1, 0.15) is 31.1 Å². The number of rotatable bonds is 2. The molecular formula is C15H16N2O4. The minimum Gasteiger partial charge on any atom is -0.478 e. The average Bonchev–Trinajstić information content (AvgIpc) is 2.86. The molecule has 1 N–H and O–H groups in total. The molecule has 6 heteroatoms. The highest BCUT2D eigenvalue weighted by molar-refractivity contribution is 5.88. The van der Waals surface area contributed by atoms with Crippen molar-refractivity contribution in [2.45, 2.75) is 26.4 Å². The molecule has 0 saturated carbocycles. The third-order valence-electron chi connectivity index (χ3n) is 2.66. The van der Waals surface area contributed by atoms with Gasteiger partial charge >= 0.3 is 12.1 Å². The van der Waals surface area contributed by atoms with E-state index in [0.29, 0.717) is 11.3 Å². The lowest BCUT2D eigenvalue weighted by atomic mass is 10.1. The Kier molecular flexibility index (Phi) is 3.80. The van der Waals surface area contributed by atoms with Gasteiger partial charge in [0.15, 0.2) is 0 Å². The third-order valence-corrected chi connectivity index (χ3v) is 2.66. The standard InChI is InChI=1S/C15H16N2O4/c1-15(2,3)21-14(20)17-9-16-8-12(17)10-4-6-11(7-5-10)13(18)19/h4-9H,1-3H3,(H,18,19). The van der Waals surface area contributed by atoms with Crippen LogP contribution in [0.5, 0.6) is 0 Å². The summed E-state index contributed by atoms with van der Waals surface area (Å²) >= 11 is 0. The molecule has 2 aromatic rings. The largest absolute Gasteiger partial charge is 0.478 e. The molecule has 110 valence electrons. The fourth-order valence-electron chi connectivity index (χ4n) is 1.75. The third kappa shape index (κ3) is 3.47. The zero-order valence-electron chi connectivity index (χ0n) is 12.0. The Morgan fingerprint density at radius 3 is 2.33 bits per heavy atom. The molecule has 1 aromatic carbocycles. The Labute approximate surface area is 122 Å². The van der Waals surface area contributed by atoms with Gasteiger partial charge in [-0.15, -0.1) is 0 Å². The summed E-state index contributed by atoms with van der Waals surface area (Å²) in [5, 5.41) is 8.89. The molecule has 0 unspecified atom stereocenters. The van der Waals surface area contributed by atoms with Gasteiger partial charge in [0.2, 0.25) is 0 Å². The number of ether oxygens (including phenoxy) is 1. The van der Waals surface area contributed by atoms with Gasteiger partial charge in [-0.2, -0.15) is 0 Å². The number of hydrogen-bond donors (Lipinski definition) is 1. The summed E-state index contributed by atoms with van der Waals surface area (Å²) in [5.74, 6) is -0.998. The van der Waals surface area contributed by atoms with Crippen LogP contribution in [-0.2, 0) is 4.74 Å². The Morgan fingerprint density at radius 1 is 1.19 bits per heavy atom. The molecule has 0 aliphatic carbocycles. The molecule has 0 bridgehead atoms. The number of carboxylic acid groups (broad SMARTS) is 1. The SMILES string of the molecule is CC(C)(C)OC(=O)n1cncc1-c1ccc(C(=O)O)cc1. The van der Waals surface area contributed by atoms with Crippen molar-refractivity contribution < 1.29 is 19.4 Å². The molecule has 0 spiro atoms. The lowest BCUT2D eigenvalue weighted by Gasteiger charge is -2.20. The number of hydrogen-bond acceptors (Lipinski definition) is 4. The first kappa shape index (κ1) is 14.8. The number of aromatic nitrogens is 2. The van der Waals surface area contributed by atoms with E-state index in [1.54, 1.807) is 32.9 Å². The highest BCUT2D eigenvalue weighted by Crippen LogP contribution is 2.21. The van der Waals surface area contributed by atoms with Gasteiger partial charge in [-0.3, -0.25) is 0 Å². The Bertz CT molecular complexity index is 666. The lowest BCUT2D eigenvalue weighted by molar-refractivity contribution is 0.0538. The second-order valence-electron chi connectivity index (χ2n) is 5.51. The van der Waals surface area contributed by atoms with Crippen molar-refractivity contribution in [3.63, 3.8) is 0 Å². The van der Waals surface area contributed by atoms with Crippen LogP contribution < -0.4 is 0 Å². The zero-order chi connectivity index (χ0) is 15.6. The average molecular weight is 288 g/mol. The second kappa shape index (κ2) is 5.40. The minimum absolute atomic E-state index is 0.182. The maximum Gasteiger partial charge on any atom is 0.420 e. The van der Waals surface area contributed by atoms with Gasteiger partial charge < -0.3 is 9.84 Å². The molecule has 2 rings (SSSR count). The monoisotopic (exact) mass is 288 g/mol. The van der Waals surface area contributed by atoms with Crippen molar-refractivity contribution >= 4 is 12.1 Å². The van der Waals surface area contributed by atoms with Crippen LogP contribution in [0.2, 0.25) is 0 Å². The normalized spacial score (nSPS) is 11.2. The molecule has 0 atom stereocenters. The summed E-state index contributed by atoms with van der Waals surface area (Å²) in [6.07, 6.45) is 2.37. The first-order chi connectivity index (χ1) is 9.78. The van der Waals surface area contributed by atoms with Gasteiger partial charge in [0.05, 0.1) is 17.5 Å². The molecule has 0 amide bonds. The van der Waals surface area contributed by atoms with E-state index in [4.69, 9.17) is 9.84 Å². The highest BCUT2D eigenvalue weighted by atomic mass is 16.6. The summed E-state index contributed by atoms with van der Waals surface area (Å²) in [5.41, 5.74) is 0.804. The molecule has 0 aliphatic rings. The smallest absolute Gasteiger partial charge is 0.420 e. The van der Waals surface area contributed by atoms with Crippen LogP contribution in [0.3, 0.4) is 0 Å². The maximum absolute atomic E-state index is 12.1. The number of aromatic carboxylic acids is 1. The van der Waals surface area contributed by atoms with Crippen molar-refractivity contribution in [1.82, 2.24) is 9.55 Å². The topological polar surface area (TPSA) is 81.4 Å². The van der Waals surface area contributed by atoms with Crippen LogP contribution in [-0.4, -0.2) is 32.3 Å². The van der Waals surface area contributed by atoms with E-state index in [0.717, 1.165) is 0 Å². The van der Waals surface area contributed by atoms with Crippen LogP contribution in [0.15, 0.2) is 36.8 Å². The van der Waals surface area contributed by atoms with Crippen molar-refractivity contribution in [2.75, 3.05) is 0 Å². The summed E-state index contributed by atoms with van der Waals surface area (Å²) in [4.78, 5) is 26.9. The zero-order valence-corrected chi connectivity index (χ0v) is 12.0. The van der Waals surface area contributed by atoms with Crippen molar-refractivity contribution in [3.8, 4) is 11.3 Å². The fraction of sp³-hybridized carbons (Fsp3) is 0.267. The quantitative estimate of drug-likeness (QED) is 0.918. The number of nitrogens with zero attached hydrogens (tertiary/aromatic N) is 2. The van der Waals surface area contributed by atoms with E-state index < -0.39 is 17.7 Å². The first-order valence-corrected chi connectivity index (χ1v) is 6.37. The molecule has 6 nitrogen and oxygen atoms in total. The summed E-state index contributed by atoms with van der Waals surface area (Å²) in [7, 11) is 0. The number of benzene rings is 1. The predicted molar refractivity (Wildman–Crippen MR) is 76.3 cm³/mol. The van der Waals surface area contributed by atoms with Gasteiger partial charge in [0, 0.05) is 5.56 Å². The Balaban J connectivity index is 2.32. The van der Waals surface area contributed by atoms with Gasteiger partial charge in [-0.25, -0.2) is 19.1 Å². The van der Waals surface area contributed by atoms with Gasteiger partial charge in [0.1, 0.15) is 11.9 Å². The molecular weight excluding hydrogens is 272 g/mol. The van der Waals surface area contributed by atoms with E-state index >= 15 is 0 Å². The van der Waals surface area contributed by atoms with Gasteiger partial charge in [-0.1, -0.05) is 12.1 Å². The Morgan fingerprint density at radius 2 is 1.81 bits per heavy atom. The molecule has 0 aliphatic heterocycles. The maximum atomic E-state index is 12.1. The van der Waals surface area contributed by atoms with Crippen molar-refractivity contribution in [2.24, 2.45) is 0 Å². The van der Waals surface area contributed by atoms with E-state index in [1.165, 1.54) is 29.2 Å². The number of carboxylic acids is 1. The van der Waals surface area contributed by atoms with E-state index in [1.807, 2.05) is 0 Å². The van der Waals surface area contributed by atoms with Gasteiger partial charge in [-0.05, 0) is 32.9 Å². The predicted octanol–water partition coefficient (Wildman–Crippen LogP) is 3.03. The highest BCUT2D eigenvalue weighted by Gasteiger charge is 2.20. The van der Waals surface area contributed by atoms with Crippen molar-refractivity contribution in [3.05, 3.63) is 42.4 Å². The molecule has 0 radical (unpaired) electrons. The molecule has 1 heterocycles. The van der Waals surface area contributed by atoms with Crippen molar-refractivity contribution in [1.29, 1.82) is 0 Å². The molecule has 0 fully saturated rings. The van der Waals surface area contributed by atoms with Crippen LogP contribution >= 0.6 is 0 Å². The van der Waals surface area contributed by atoms with Gasteiger partial charge in [0.25, 0.3) is 0 Å². The number of imidazole rings is 1. The van der Waals surface area contributed by atoms with E-state index in [-0.39, 0.29) is 5.56 Å². The fourth-order valence-corrected chi connectivity index (χ4v) is 1.75. The Hall–Kier alpha value is -2.63. The minimum atomic E-state index is -0.998. The molecule has 0 saturated heterocycles. The van der Waals surface area contributed by atoms with E-state index in [9.17, 15) is 9.59 Å². The lowest BCUT2D eigenvalue weighted by Crippen LogP contribution is -2.27. The van der Waals surface area contributed by atoms with E-state index in [2.05, 4.69) is 4.98 Å². The number of carbonyl (C=O) groups excluding carboxylic acids is 1. The van der Waals surface area contributed by atoms with Crippen LogP contribution in [0, 0.1) is 0 Å². The number of carbonyl (C=O) groups is 2. The molecule has 21 heavy (non-hydrogen) atoms. The summed E-state index contributed by atoms with van der Waals surface area (Å²) in [6, 6.07) is 6.21. The second-order valence-corrected chi connectivity index (χ2v) is 5.51.